The smallest absolute Gasteiger partial charge is 0.326 e. The summed E-state index contributed by atoms with van der Waals surface area (Å²) in [5.74, 6) is -3.07. The van der Waals surface area contributed by atoms with Crippen LogP contribution in [0.2, 0.25) is 0 Å². The van der Waals surface area contributed by atoms with Crippen molar-refractivity contribution in [2.45, 2.75) is 45.8 Å². The second-order valence-electron chi connectivity index (χ2n) is 5.62. The van der Waals surface area contributed by atoms with Crippen molar-refractivity contribution in [3.63, 3.8) is 0 Å². The molecule has 0 rings (SSSR count). The minimum Gasteiger partial charge on any atom is -0.480 e. The van der Waals surface area contributed by atoms with Gasteiger partial charge in [-0.05, 0) is 20.8 Å². The van der Waals surface area contributed by atoms with Gasteiger partial charge in [0.25, 0.3) is 0 Å². The number of ether oxygens (including phenoxy) is 1. The Labute approximate surface area is 123 Å². The molecule has 0 aliphatic heterocycles. The summed E-state index contributed by atoms with van der Waals surface area (Å²) < 4.78 is 5.00. The number of rotatable bonds is 6. The van der Waals surface area contributed by atoms with Gasteiger partial charge in [-0.25, -0.2) is 4.79 Å². The SMILES string of the molecule is CC(=O)N(C)CC(=O)N[C@@H](CC(=O)OC(C)(C)C)C(=O)O. The van der Waals surface area contributed by atoms with Gasteiger partial charge in [-0.2, -0.15) is 0 Å². The van der Waals surface area contributed by atoms with Gasteiger partial charge >= 0.3 is 11.9 Å². The van der Waals surface area contributed by atoms with Crippen LogP contribution in [-0.2, 0) is 23.9 Å². The third-order valence-corrected chi connectivity index (χ3v) is 2.34. The lowest BCUT2D eigenvalue weighted by Gasteiger charge is -2.22. The first-order chi connectivity index (χ1) is 9.42. The summed E-state index contributed by atoms with van der Waals surface area (Å²) >= 11 is 0. The molecule has 8 nitrogen and oxygen atoms in total. The molecular weight excluding hydrogens is 280 g/mol. The molecule has 0 radical (unpaired) electrons. The summed E-state index contributed by atoms with van der Waals surface area (Å²) in [6.45, 7) is 5.96. The van der Waals surface area contributed by atoms with E-state index in [4.69, 9.17) is 9.84 Å². The topological polar surface area (TPSA) is 113 Å². The van der Waals surface area contributed by atoms with Crippen molar-refractivity contribution in [2.24, 2.45) is 0 Å². The van der Waals surface area contributed by atoms with Crippen molar-refractivity contribution in [3.05, 3.63) is 0 Å². The van der Waals surface area contributed by atoms with Crippen LogP contribution in [0.25, 0.3) is 0 Å². The lowest BCUT2D eigenvalue weighted by atomic mass is 10.1. The van der Waals surface area contributed by atoms with Gasteiger partial charge < -0.3 is 20.1 Å². The number of hydrogen-bond acceptors (Lipinski definition) is 5. The van der Waals surface area contributed by atoms with E-state index in [1.165, 1.54) is 14.0 Å². The van der Waals surface area contributed by atoms with Crippen LogP contribution in [0.4, 0.5) is 0 Å². The standard InChI is InChI=1S/C13H22N2O6/c1-8(16)15(5)7-10(17)14-9(12(19)20)6-11(18)21-13(2,3)4/h9H,6-7H2,1-5H3,(H,14,17)(H,19,20)/t9-/m0/s1. The second-order valence-corrected chi connectivity index (χ2v) is 5.62. The molecule has 0 aromatic rings. The molecule has 0 fully saturated rings. The maximum absolute atomic E-state index is 11.6. The summed E-state index contributed by atoms with van der Waals surface area (Å²) in [6.07, 6.45) is -0.484. The van der Waals surface area contributed by atoms with Crippen molar-refractivity contribution >= 4 is 23.8 Å². The van der Waals surface area contributed by atoms with E-state index in [9.17, 15) is 19.2 Å². The maximum Gasteiger partial charge on any atom is 0.326 e. The molecule has 0 aliphatic rings. The predicted molar refractivity (Wildman–Crippen MR) is 73.3 cm³/mol. The fourth-order valence-corrected chi connectivity index (χ4v) is 1.32. The number of nitrogens with zero attached hydrogens (tertiary/aromatic N) is 1. The van der Waals surface area contributed by atoms with Crippen LogP contribution in [0.3, 0.4) is 0 Å². The van der Waals surface area contributed by atoms with Crippen LogP contribution in [0.15, 0.2) is 0 Å². The van der Waals surface area contributed by atoms with Crippen LogP contribution < -0.4 is 5.32 Å². The Balaban J connectivity index is 4.57. The summed E-state index contributed by atoms with van der Waals surface area (Å²) in [7, 11) is 1.41. The molecule has 0 aromatic heterocycles. The van der Waals surface area contributed by atoms with E-state index in [0.717, 1.165) is 4.90 Å². The molecule has 0 unspecified atom stereocenters. The molecule has 0 spiro atoms. The number of likely N-dealkylation sites (N-methyl/N-ethyl adjacent to an activating group) is 1. The van der Waals surface area contributed by atoms with Gasteiger partial charge in [0.15, 0.2) is 0 Å². The third-order valence-electron chi connectivity index (χ3n) is 2.34. The van der Waals surface area contributed by atoms with Crippen LogP contribution >= 0.6 is 0 Å². The number of carboxylic acids is 1. The van der Waals surface area contributed by atoms with Gasteiger partial charge in [-0.3, -0.25) is 14.4 Å². The molecule has 2 amide bonds. The quantitative estimate of drug-likeness (QED) is 0.655. The van der Waals surface area contributed by atoms with Crippen LogP contribution in [0, 0.1) is 0 Å². The van der Waals surface area contributed by atoms with Crippen molar-refractivity contribution in [3.8, 4) is 0 Å². The zero-order chi connectivity index (χ0) is 16.8. The Morgan fingerprint density at radius 2 is 1.76 bits per heavy atom. The fourth-order valence-electron chi connectivity index (χ4n) is 1.32. The average Bonchev–Trinajstić information content (AvgIpc) is 2.24. The lowest BCUT2D eigenvalue weighted by Crippen LogP contribution is -2.47. The van der Waals surface area contributed by atoms with E-state index in [0.29, 0.717) is 0 Å². The molecule has 0 saturated carbocycles. The maximum atomic E-state index is 11.6. The second kappa shape index (κ2) is 7.61. The highest BCUT2D eigenvalue weighted by Gasteiger charge is 2.26. The zero-order valence-electron chi connectivity index (χ0n) is 12.9. The van der Waals surface area contributed by atoms with Crippen LogP contribution in [0.5, 0.6) is 0 Å². The summed E-state index contributed by atoms with van der Waals surface area (Å²) in [5.41, 5.74) is -0.737. The highest BCUT2D eigenvalue weighted by molar-refractivity contribution is 5.89. The van der Waals surface area contributed by atoms with Crippen molar-refractivity contribution < 1.29 is 29.0 Å². The van der Waals surface area contributed by atoms with Gasteiger partial charge in [0.05, 0.1) is 13.0 Å². The van der Waals surface area contributed by atoms with E-state index in [2.05, 4.69) is 5.32 Å². The van der Waals surface area contributed by atoms with E-state index in [1.54, 1.807) is 20.8 Å². The first kappa shape index (κ1) is 18.9. The van der Waals surface area contributed by atoms with Gasteiger partial charge in [-0.15, -0.1) is 0 Å². The molecule has 1 atom stereocenters. The number of carbonyl (C=O) groups excluding carboxylic acids is 3. The van der Waals surface area contributed by atoms with Crippen LogP contribution in [0.1, 0.15) is 34.1 Å². The van der Waals surface area contributed by atoms with Crippen molar-refractivity contribution in [1.29, 1.82) is 0 Å². The Kier molecular flexibility index (Phi) is 6.84. The number of hydrogen-bond donors (Lipinski definition) is 2. The Hall–Kier alpha value is -2.12. The van der Waals surface area contributed by atoms with Gasteiger partial charge in [-0.1, -0.05) is 0 Å². The van der Waals surface area contributed by atoms with Crippen molar-refractivity contribution in [2.75, 3.05) is 13.6 Å². The summed E-state index contributed by atoms with van der Waals surface area (Å²) in [6, 6.07) is -1.40. The summed E-state index contributed by atoms with van der Waals surface area (Å²) in [5, 5.41) is 11.2. The molecule has 0 heterocycles. The van der Waals surface area contributed by atoms with Crippen molar-refractivity contribution in [1.82, 2.24) is 10.2 Å². The number of carboxylic acid groups (broad SMARTS) is 1. The number of carbonyl (C=O) groups is 4. The number of aliphatic carboxylic acids is 1. The summed E-state index contributed by atoms with van der Waals surface area (Å²) in [4.78, 5) is 46.4. The van der Waals surface area contributed by atoms with Gasteiger partial charge in [0.1, 0.15) is 11.6 Å². The number of amides is 2. The molecule has 0 saturated heterocycles. The lowest BCUT2D eigenvalue weighted by molar-refractivity contribution is -0.158. The van der Waals surface area contributed by atoms with Gasteiger partial charge in [0.2, 0.25) is 11.8 Å². The van der Waals surface area contributed by atoms with E-state index >= 15 is 0 Å². The molecule has 2 N–H and O–H groups in total. The van der Waals surface area contributed by atoms with E-state index in [-0.39, 0.29) is 12.5 Å². The first-order valence-corrected chi connectivity index (χ1v) is 6.38. The van der Waals surface area contributed by atoms with Crippen LogP contribution in [-0.4, -0.2) is 59.0 Å². The molecule has 8 heteroatoms. The largest absolute Gasteiger partial charge is 0.480 e. The fraction of sp³-hybridized carbons (Fsp3) is 0.692. The molecule has 0 aliphatic carbocycles. The predicted octanol–water partition coefficient (Wildman–Crippen LogP) is -0.234. The highest BCUT2D eigenvalue weighted by Crippen LogP contribution is 2.09. The third kappa shape index (κ3) is 8.61. The molecule has 120 valence electrons. The number of nitrogens with one attached hydrogen (secondary N) is 1. The Morgan fingerprint density at radius 1 is 1.24 bits per heavy atom. The highest BCUT2D eigenvalue weighted by atomic mass is 16.6. The van der Waals surface area contributed by atoms with Gasteiger partial charge in [0, 0.05) is 14.0 Å². The number of esters is 1. The van der Waals surface area contributed by atoms with E-state index < -0.39 is 35.9 Å². The zero-order valence-corrected chi connectivity index (χ0v) is 12.9. The average molecular weight is 302 g/mol. The Morgan fingerprint density at radius 3 is 2.14 bits per heavy atom. The monoisotopic (exact) mass is 302 g/mol. The normalized spacial score (nSPS) is 12.2. The minimum atomic E-state index is -1.40. The molecule has 0 bridgehead atoms. The van der Waals surface area contributed by atoms with E-state index in [1.807, 2.05) is 0 Å². The molecule has 21 heavy (non-hydrogen) atoms. The molecule has 0 aromatic carbocycles. The Bertz CT molecular complexity index is 427. The molecular formula is C13H22N2O6. The minimum absolute atomic E-state index is 0.284. The first-order valence-electron chi connectivity index (χ1n) is 6.38.